The summed E-state index contributed by atoms with van der Waals surface area (Å²) in [6.45, 7) is 5.13. The minimum Gasteiger partial charge on any atom is -0.481 e. The zero-order valence-corrected chi connectivity index (χ0v) is 17.4. The number of esters is 1. The van der Waals surface area contributed by atoms with Gasteiger partial charge in [0, 0.05) is 27.2 Å². The summed E-state index contributed by atoms with van der Waals surface area (Å²) in [5.74, 6) is 0.205. The van der Waals surface area contributed by atoms with E-state index in [0.29, 0.717) is 28.5 Å². The number of nitrogens with zero attached hydrogens (tertiary/aromatic N) is 5. The Kier molecular flexibility index (Phi) is 5.04. The van der Waals surface area contributed by atoms with Gasteiger partial charge in [0.2, 0.25) is 5.88 Å². The topological polar surface area (TPSA) is 110 Å². The number of imidazole rings is 1. The van der Waals surface area contributed by atoms with Crippen molar-refractivity contribution in [1.29, 1.82) is 0 Å². The van der Waals surface area contributed by atoms with Crippen LogP contribution in [0.2, 0.25) is 0 Å². The molecule has 0 aliphatic heterocycles. The Morgan fingerprint density at radius 3 is 2.31 bits per heavy atom. The SMILES string of the molecule is COc1cc(C)c(C(=O)OC(C)c2nc3c(c(=O)n(C)c(=O)n3C)n2C)c(C)n1. The van der Waals surface area contributed by atoms with E-state index in [9.17, 15) is 14.4 Å². The first-order chi connectivity index (χ1) is 13.6. The van der Waals surface area contributed by atoms with E-state index in [-0.39, 0.29) is 11.2 Å². The second kappa shape index (κ2) is 7.19. The normalized spacial score (nSPS) is 12.2. The summed E-state index contributed by atoms with van der Waals surface area (Å²) in [6.07, 6.45) is -0.763. The second-order valence-electron chi connectivity index (χ2n) is 6.90. The number of hydrogen-bond acceptors (Lipinski definition) is 7. The molecular formula is C19H23N5O5. The summed E-state index contributed by atoms with van der Waals surface area (Å²) >= 11 is 0. The molecule has 1 atom stereocenters. The highest BCUT2D eigenvalue weighted by Crippen LogP contribution is 2.24. The molecule has 0 bridgehead atoms. The number of fused-ring (bicyclic) bond motifs is 1. The van der Waals surface area contributed by atoms with E-state index in [1.54, 1.807) is 38.5 Å². The van der Waals surface area contributed by atoms with Crippen LogP contribution in [-0.2, 0) is 25.9 Å². The highest BCUT2D eigenvalue weighted by molar-refractivity contribution is 5.92. The number of hydrogen-bond donors (Lipinski definition) is 0. The highest BCUT2D eigenvalue weighted by Gasteiger charge is 2.25. The molecular weight excluding hydrogens is 378 g/mol. The van der Waals surface area contributed by atoms with E-state index < -0.39 is 23.3 Å². The minimum atomic E-state index is -0.763. The molecule has 0 radical (unpaired) electrons. The molecule has 0 fully saturated rings. The third-order valence-electron chi connectivity index (χ3n) is 4.94. The molecule has 0 N–H and O–H groups in total. The quantitative estimate of drug-likeness (QED) is 0.598. The van der Waals surface area contributed by atoms with Gasteiger partial charge in [-0.05, 0) is 26.3 Å². The standard InChI is InChI=1S/C19H23N5O5/c1-9-8-12(28-7)20-10(2)13(9)18(26)29-11(3)15-21-16-14(22(15)4)17(25)24(6)19(27)23(16)5/h8,11H,1-7H3. The van der Waals surface area contributed by atoms with Crippen molar-refractivity contribution in [3.05, 3.63) is 49.5 Å². The number of methoxy groups -OCH3 is 1. The van der Waals surface area contributed by atoms with Gasteiger partial charge in [-0.25, -0.2) is 19.6 Å². The molecule has 3 aromatic heterocycles. The molecule has 10 heteroatoms. The fourth-order valence-corrected chi connectivity index (χ4v) is 3.38. The largest absolute Gasteiger partial charge is 0.481 e. The molecule has 0 saturated heterocycles. The maximum atomic E-state index is 12.8. The van der Waals surface area contributed by atoms with Gasteiger partial charge >= 0.3 is 11.7 Å². The van der Waals surface area contributed by atoms with E-state index in [1.807, 2.05) is 0 Å². The molecule has 0 aliphatic carbocycles. The summed E-state index contributed by atoms with van der Waals surface area (Å²) in [6, 6.07) is 1.66. The predicted molar refractivity (Wildman–Crippen MR) is 105 cm³/mol. The van der Waals surface area contributed by atoms with Crippen LogP contribution in [0, 0.1) is 13.8 Å². The van der Waals surface area contributed by atoms with Crippen molar-refractivity contribution < 1.29 is 14.3 Å². The molecule has 0 spiro atoms. The van der Waals surface area contributed by atoms with Crippen LogP contribution in [0.4, 0.5) is 0 Å². The van der Waals surface area contributed by atoms with Crippen LogP contribution in [0.25, 0.3) is 11.2 Å². The van der Waals surface area contributed by atoms with Crippen LogP contribution in [-0.4, -0.2) is 36.7 Å². The molecule has 1 unspecified atom stereocenters. The van der Waals surface area contributed by atoms with Crippen molar-refractivity contribution in [2.24, 2.45) is 21.1 Å². The van der Waals surface area contributed by atoms with E-state index in [0.717, 1.165) is 4.57 Å². The van der Waals surface area contributed by atoms with Gasteiger partial charge in [0.15, 0.2) is 23.1 Å². The van der Waals surface area contributed by atoms with Crippen LogP contribution in [0.1, 0.15) is 40.5 Å². The van der Waals surface area contributed by atoms with Crippen molar-refractivity contribution in [3.63, 3.8) is 0 Å². The van der Waals surface area contributed by atoms with Gasteiger partial charge in [-0.1, -0.05) is 0 Å². The lowest BCUT2D eigenvalue weighted by Gasteiger charge is -2.15. The number of carbonyl (C=O) groups excluding carboxylic acids is 1. The first-order valence-corrected chi connectivity index (χ1v) is 8.94. The zero-order valence-electron chi connectivity index (χ0n) is 17.4. The summed E-state index contributed by atoms with van der Waals surface area (Å²) < 4.78 is 14.6. The molecule has 3 rings (SSSR count). The fraction of sp³-hybridized carbons (Fsp3) is 0.421. The van der Waals surface area contributed by atoms with Crippen LogP contribution < -0.4 is 16.0 Å². The highest BCUT2D eigenvalue weighted by atomic mass is 16.5. The Labute approximate surface area is 166 Å². The van der Waals surface area contributed by atoms with E-state index in [4.69, 9.17) is 9.47 Å². The van der Waals surface area contributed by atoms with Crippen LogP contribution in [0.3, 0.4) is 0 Å². The van der Waals surface area contributed by atoms with Crippen LogP contribution in [0.15, 0.2) is 15.7 Å². The molecule has 10 nitrogen and oxygen atoms in total. The Bertz CT molecular complexity index is 1230. The molecule has 3 aromatic rings. The van der Waals surface area contributed by atoms with Crippen molar-refractivity contribution in [2.75, 3.05) is 7.11 Å². The van der Waals surface area contributed by atoms with E-state index >= 15 is 0 Å². The number of aromatic nitrogens is 5. The van der Waals surface area contributed by atoms with Gasteiger partial charge in [0.25, 0.3) is 5.56 Å². The Balaban J connectivity index is 2.02. The molecule has 29 heavy (non-hydrogen) atoms. The van der Waals surface area contributed by atoms with Gasteiger partial charge in [0.05, 0.1) is 18.4 Å². The third kappa shape index (κ3) is 3.20. The number of pyridine rings is 1. The Morgan fingerprint density at radius 1 is 1.07 bits per heavy atom. The average molecular weight is 401 g/mol. The Hall–Kier alpha value is -3.43. The molecule has 0 aliphatic rings. The average Bonchev–Trinajstić information content (AvgIpc) is 3.01. The molecule has 3 heterocycles. The summed E-state index contributed by atoms with van der Waals surface area (Å²) in [7, 11) is 6.09. The first-order valence-electron chi connectivity index (χ1n) is 8.94. The second-order valence-corrected chi connectivity index (χ2v) is 6.90. The van der Waals surface area contributed by atoms with Gasteiger partial charge in [-0.2, -0.15) is 0 Å². The predicted octanol–water partition coefficient (Wildman–Crippen LogP) is 0.909. The van der Waals surface area contributed by atoms with Gasteiger partial charge < -0.3 is 14.0 Å². The van der Waals surface area contributed by atoms with Gasteiger partial charge in [0.1, 0.15) is 0 Å². The van der Waals surface area contributed by atoms with Crippen molar-refractivity contribution in [2.45, 2.75) is 26.9 Å². The smallest absolute Gasteiger partial charge is 0.340 e. The maximum absolute atomic E-state index is 12.8. The number of carbonyl (C=O) groups is 1. The minimum absolute atomic E-state index is 0.233. The molecule has 154 valence electrons. The maximum Gasteiger partial charge on any atom is 0.340 e. The lowest BCUT2D eigenvalue weighted by molar-refractivity contribution is 0.0313. The van der Waals surface area contributed by atoms with Gasteiger partial charge in [-0.3, -0.25) is 13.9 Å². The van der Waals surface area contributed by atoms with Crippen LogP contribution in [0.5, 0.6) is 5.88 Å². The molecule has 0 saturated carbocycles. The first kappa shape index (κ1) is 20.3. The molecule has 0 aromatic carbocycles. The van der Waals surface area contributed by atoms with Crippen molar-refractivity contribution >= 4 is 17.1 Å². The fourth-order valence-electron chi connectivity index (χ4n) is 3.38. The summed E-state index contributed by atoms with van der Waals surface area (Å²) in [4.78, 5) is 46.1. The summed E-state index contributed by atoms with van der Waals surface area (Å²) in [5.41, 5.74) is 1.05. The lowest BCUT2D eigenvalue weighted by atomic mass is 10.1. The van der Waals surface area contributed by atoms with Crippen molar-refractivity contribution in [3.8, 4) is 5.88 Å². The van der Waals surface area contributed by atoms with E-state index in [2.05, 4.69) is 9.97 Å². The van der Waals surface area contributed by atoms with Crippen LogP contribution >= 0.6 is 0 Å². The van der Waals surface area contributed by atoms with Gasteiger partial charge in [-0.15, -0.1) is 0 Å². The third-order valence-corrected chi connectivity index (χ3v) is 4.94. The number of ether oxygens (including phenoxy) is 2. The van der Waals surface area contributed by atoms with Crippen molar-refractivity contribution in [1.82, 2.24) is 23.7 Å². The van der Waals surface area contributed by atoms with E-state index in [1.165, 1.54) is 25.8 Å². The Morgan fingerprint density at radius 2 is 1.72 bits per heavy atom. The summed E-state index contributed by atoms with van der Waals surface area (Å²) in [5, 5.41) is 0. The molecule has 0 amide bonds. The lowest BCUT2D eigenvalue weighted by Crippen LogP contribution is -2.37. The zero-order chi connectivity index (χ0) is 21.6. The number of aryl methyl sites for hydroxylation is 4. The monoisotopic (exact) mass is 401 g/mol. The number of rotatable bonds is 4.